The Labute approximate surface area is 95.0 Å². The first-order valence-electron chi connectivity index (χ1n) is 4.00. The van der Waals surface area contributed by atoms with Crippen LogP contribution in [-0.2, 0) is 0 Å². The fourth-order valence-electron chi connectivity index (χ4n) is 1.34. The summed E-state index contributed by atoms with van der Waals surface area (Å²) in [5, 5.41) is 1.56. The molecule has 14 heavy (non-hydrogen) atoms. The number of rotatable bonds is 1. The summed E-state index contributed by atoms with van der Waals surface area (Å²) in [6, 6.07) is 5.57. The summed E-state index contributed by atoms with van der Waals surface area (Å²) in [6.07, 6.45) is 1.72. The molecule has 0 radical (unpaired) electrons. The zero-order valence-corrected chi connectivity index (χ0v) is 9.76. The number of aromatic nitrogens is 1. The number of hydrogen-bond acceptors (Lipinski definition) is 2. The summed E-state index contributed by atoms with van der Waals surface area (Å²) in [7, 11) is 1.61. The van der Waals surface area contributed by atoms with Gasteiger partial charge in [-0.25, -0.2) is 0 Å². The second-order valence-corrected chi connectivity index (χ2v) is 4.03. The summed E-state index contributed by atoms with van der Waals surface area (Å²) < 4.78 is 6.06. The molecule has 0 aliphatic heterocycles. The predicted octanol–water partition coefficient (Wildman–Crippen LogP) is 3.66. The van der Waals surface area contributed by atoms with Gasteiger partial charge in [0.2, 0.25) is 0 Å². The molecule has 0 saturated heterocycles. The van der Waals surface area contributed by atoms with Crippen LogP contribution < -0.4 is 4.74 Å². The van der Waals surface area contributed by atoms with Gasteiger partial charge < -0.3 is 4.74 Å². The number of halogens is 2. The lowest BCUT2D eigenvalue weighted by atomic mass is 10.2. The molecule has 1 aromatic carbocycles. The summed E-state index contributed by atoms with van der Waals surface area (Å²) >= 11 is 9.44. The molecule has 2 aromatic rings. The SMILES string of the molecule is COc1c(Br)cc(Cl)c2cccnc12. The first-order chi connectivity index (χ1) is 6.74. The van der Waals surface area contributed by atoms with Crippen LogP contribution in [0, 0.1) is 0 Å². The quantitative estimate of drug-likeness (QED) is 0.790. The Morgan fingerprint density at radius 2 is 2.29 bits per heavy atom. The van der Waals surface area contributed by atoms with E-state index in [0.29, 0.717) is 10.8 Å². The van der Waals surface area contributed by atoms with Crippen molar-refractivity contribution in [2.75, 3.05) is 7.11 Å². The molecule has 0 spiro atoms. The van der Waals surface area contributed by atoms with Crippen LogP contribution in [0.5, 0.6) is 5.75 Å². The number of pyridine rings is 1. The van der Waals surface area contributed by atoms with E-state index in [1.165, 1.54) is 0 Å². The highest BCUT2D eigenvalue weighted by atomic mass is 79.9. The van der Waals surface area contributed by atoms with Gasteiger partial charge in [0.05, 0.1) is 16.6 Å². The Hall–Kier alpha value is -0.800. The van der Waals surface area contributed by atoms with Gasteiger partial charge in [0.1, 0.15) is 5.52 Å². The van der Waals surface area contributed by atoms with E-state index in [4.69, 9.17) is 16.3 Å². The van der Waals surface area contributed by atoms with Crippen molar-refractivity contribution < 1.29 is 4.74 Å². The lowest BCUT2D eigenvalue weighted by Gasteiger charge is -2.07. The van der Waals surface area contributed by atoms with Gasteiger partial charge in [-0.3, -0.25) is 4.98 Å². The summed E-state index contributed by atoms with van der Waals surface area (Å²) in [6.45, 7) is 0. The fraction of sp³-hybridized carbons (Fsp3) is 0.100. The number of nitrogens with zero attached hydrogens (tertiary/aromatic N) is 1. The molecular weight excluding hydrogens is 265 g/mol. The Bertz CT molecular complexity index is 487. The van der Waals surface area contributed by atoms with Crippen LogP contribution >= 0.6 is 27.5 Å². The third-order valence-corrected chi connectivity index (χ3v) is 2.86. The molecule has 0 fully saturated rings. The predicted molar refractivity (Wildman–Crippen MR) is 61.0 cm³/mol. The fourth-order valence-corrected chi connectivity index (χ4v) is 2.31. The topological polar surface area (TPSA) is 22.1 Å². The Morgan fingerprint density at radius 1 is 1.50 bits per heavy atom. The van der Waals surface area contributed by atoms with Crippen molar-refractivity contribution in [2.24, 2.45) is 0 Å². The Kier molecular flexibility index (Phi) is 2.61. The molecule has 1 aromatic heterocycles. The van der Waals surface area contributed by atoms with E-state index >= 15 is 0 Å². The van der Waals surface area contributed by atoms with Crippen molar-refractivity contribution in [1.82, 2.24) is 4.98 Å². The van der Waals surface area contributed by atoms with E-state index in [0.717, 1.165) is 15.4 Å². The van der Waals surface area contributed by atoms with E-state index < -0.39 is 0 Å². The maximum atomic E-state index is 6.07. The van der Waals surface area contributed by atoms with Crippen LogP contribution in [0.3, 0.4) is 0 Å². The highest BCUT2D eigenvalue weighted by Gasteiger charge is 2.10. The number of benzene rings is 1. The number of ether oxygens (including phenoxy) is 1. The highest BCUT2D eigenvalue weighted by molar-refractivity contribution is 9.10. The molecule has 0 aliphatic carbocycles. The minimum atomic E-state index is 0.667. The molecule has 0 atom stereocenters. The van der Waals surface area contributed by atoms with Crippen molar-refractivity contribution in [2.45, 2.75) is 0 Å². The molecule has 0 unspecified atom stereocenters. The van der Waals surface area contributed by atoms with Gasteiger partial charge in [-0.1, -0.05) is 11.6 Å². The first kappa shape index (κ1) is 9.74. The molecule has 0 bridgehead atoms. The zero-order valence-electron chi connectivity index (χ0n) is 7.42. The lowest BCUT2D eigenvalue weighted by molar-refractivity contribution is 0.416. The van der Waals surface area contributed by atoms with Gasteiger partial charge in [-0.15, -0.1) is 0 Å². The molecule has 72 valence electrons. The molecular formula is C10H7BrClNO. The van der Waals surface area contributed by atoms with Crippen molar-refractivity contribution in [3.05, 3.63) is 33.9 Å². The summed E-state index contributed by atoms with van der Waals surface area (Å²) in [5.74, 6) is 0.713. The monoisotopic (exact) mass is 271 g/mol. The van der Waals surface area contributed by atoms with E-state index in [1.54, 1.807) is 13.3 Å². The minimum Gasteiger partial charge on any atom is -0.493 e. The largest absolute Gasteiger partial charge is 0.493 e. The van der Waals surface area contributed by atoms with Gasteiger partial charge in [0, 0.05) is 11.6 Å². The molecule has 0 N–H and O–H groups in total. The molecule has 2 rings (SSSR count). The van der Waals surface area contributed by atoms with E-state index in [2.05, 4.69) is 20.9 Å². The number of fused-ring (bicyclic) bond motifs is 1. The van der Waals surface area contributed by atoms with Gasteiger partial charge in [-0.05, 0) is 34.1 Å². The van der Waals surface area contributed by atoms with E-state index in [9.17, 15) is 0 Å². The smallest absolute Gasteiger partial charge is 0.159 e. The highest BCUT2D eigenvalue weighted by Crippen LogP contribution is 2.36. The van der Waals surface area contributed by atoms with E-state index in [-0.39, 0.29) is 0 Å². The first-order valence-corrected chi connectivity index (χ1v) is 5.18. The van der Waals surface area contributed by atoms with Gasteiger partial charge in [0.25, 0.3) is 0 Å². The number of methoxy groups -OCH3 is 1. The van der Waals surface area contributed by atoms with Gasteiger partial charge >= 0.3 is 0 Å². The summed E-state index contributed by atoms with van der Waals surface area (Å²) in [5.41, 5.74) is 0.773. The van der Waals surface area contributed by atoms with Crippen molar-refractivity contribution >= 4 is 38.4 Å². The minimum absolute atomic E-state index is 0.667. The van der Waals surface area contributed by atoms with Crippen LogP contribution in [0.1, 0.15) is 0 Å². The average Bonchev–Trinajstić information content (AvgIpc) is 2.18. The Morgan fingerprint density at radius 3 is 3.00 bits per heavy atom. The molecule has 2 nitrogen and oxygen atoms in total. The standard InChI is InChI=1S/C10H7BrClNO/c1-14-10-7(11)5-8(12)6-3-2-4-13-9(6)10/h2-5H,1H3. The van der Waals surface area contributed by atoms with E-state index in [1.807, 2.05) is 18.2 Å². The molecule has 4 heteroatoms. The number of hydrogen-bond donors (Lipinski definition) is 0. The second kappa shape index (κ2) is 3.75. The molecule has 0 saturated carbocycles. The Balaban J connectivity index is 2.90. The molecule has 0 amide bonds. The van der Waals surface area contributed by atoms with Crippen LogP contribution in [0.15, 0.2) is 28.9 Å². The van der Waals surface area contributed by atoms with Crippen LogP contribution in [0.25, 0.3) is 10.9 Å². The van der Waals surface area contributed by atoms with Gasteiger partial charge in [0.15, 0.2) is 5.75 Å². The molecule has 0 aliphatic rings. The van der Waals surface area contributed by atoms with Crippen molar-refractivity contribution in [1.29, 1.82) is 0 Å². The zero-order chi connectivity index (χ0) is 10.1. The van der Waals surface area contributed by atoms with Crippen LogP contribution in [0.4, 0.5) is 0 Å². The van der Waals surface area contributed by atoms with Crippen LogP contribution in [0.2, 0.25) is 5.02 Å². The third kappa shape index (κ3) is 1.47. The van der Waals surface area contributed by atoms with Crippen molar-refractivity contribution in [3.8, 4) is 5.75 Å². The second-order valence-electron chi connectivity index (χ2n) is 2.77. The van der Waals surface area contributed by atoms with Crippen LogP contribution in [-0.4, -0.2) is 12.1 Å². The maximum Gasteiger partial charge on any atom is 0.159 e. The van der Waals surface area contributed by atoms with Crippen molar-refractivity contribution in [3.63, 3.8) is 0 Å². The molecule has 1 heterocycles. The normalized spacial score (nSPS) is 10.5. The summed E-state index contributed by atoms with van der Waals surface area (Å²) in [4.78, 5) is 4.23. The maximum absolute atomic E-state index is 6.07. The lowest BCUT2D eigenvalue weighted by Crippen LogP contribution is -1.89. The third-order valence-electron chi connectivity index (χ3n) is 1.95. The van der Waals surface area contributed by atoms with Gasteiger partial charge in [-0.2, -0.15) is 0 Å². The average molecular weight is 273 g/mol.